The van der Waals surface area contributed by atoms with E-state index in [0.717, 1.165) is 12.1 Å². The predicted octanol–water partition coefficient (Wildman–Crippen LogP) is 1.75. The van der Waals surface area contributed by atoms with Crippen LogP contribution in [0, 0.1) is 5.82 Å². The zero-order valence-corrected chi connectivity index (χ0v) is 10.9. The fraction of sp³-hybridized carbons (Fsp3) is 0.462. The van der Waals surface area contributed by atoms with E-state index in [9.17, 15) is 18.0 Å². The summed E-state index contributed by atoms with van der Waals surface area (Å²) in [6, 6.07) is 3.48. The Morgan fingerprint density at radius 3 is 2.80 bits per heavy atom. The minimum atomic E-state index is -3.06. The maximum absolute atomic E-state index is 13.5. The Kier molecular flexibility index (Phi) is 4.49. The summed E-state index contributed by atoms with van der Waals surface area (Å²) >= 11 is 0. The van der Waals surface area contributed by atoms with Crippen LogP contribution in [-0.2, 0) is 11.3 Å². The molecule has 1 saturated heterocycles. The van der Waals surface area contributed by atoms with Gasteiger partial charge in [0.2, 0.25) is 5.91 Å². The molecule has 20 heavy (non-hydrogen) atoms. The number of likely N-dealkylation sites (tertiary alicyclic amines) is 1. The van der Waals surface area contributed by atoms with E-state index in [1.807, 2.05) is 0 Å². The normalized spacial score (nSPS) is 18.9. The first-order valence-electron chi connectivity index (χ1n) is 6.19. The number of nitrogens with zero attached hydrogens (tertiary/aromatic N) is 1. The number of amides is 1. The molecule has 1 aliphatic heterocycles. The molecule has 1 N–H and O–H groups in total. The van der Waals surface area contributed by atoms with Crippen LogP contribution in [0.2, 0.25) is 0 Å². The van der Waals surface area contributed by atoms with Gasteiger partial charge in [0.05, 0.1) is 6.04 Å². The first-order valence-corrected chi connectivity index (χ1v) is 6.19. The molecular weight excluding hydrogens is 273 g/mol. The lowest BCUT2D eigenvalue weighted by Crippen LogP contribution is -2.36. The maximum atomic E-state index is 13.5. The quantitative estimate of drug-likeness (QED) is 0.897. The van der Waals surface area contributed by atoms with Crippen molar-refractivity contribution in [2.75, 3.05) is 13.6 Å². The zero-order valence-electron chi connectivity index (χ0n) is 10.9. The van der Waals surface area contributed by atoms with Crippen LogP contribution in [0.15, 0.2) is 18.2 Å². The molecule has 0 aliphatic carbocycles. The average Bonchev–Trinajstić information content (AvgIpc) is 2.70. The van der Waals surface area contributed by atoms with Crippen molar-refractivity contribution in [3.8, 4) is 5.75 Å². The van der Waals surface area contributed by atoms with Gasteiger partial charge in [-0.25, -0.2) is 4.39 Å². The van der Waals surface area contributed by atoms with Crippen LogP contribution >= 0.6 is 0 Å². The molecule has 1 aromatic rings. The number of hydrogen-bond donors (Lipinski definition) is 1. The molecule has 1 atom stereocenters. The number of carbonyl (C=O) groups excluding carboxylic acids is 1. The van der Waals surface area contributed by atoms with E-state index in [-0.39, 0.29) is 18.5 Å². The van der Waals surface area contributed by atoms with E-state index in [4.69, 9.17) is 0 Å². The highest BCUT2D eigenvalue weighted by Crippen LogP contribution is 2.20. The number of benzene rings is 1. The second-order valence-electron chi connectivity index (χ2n) is 4.63. The van der Waals surface area contributed by atoms with Crippen molar-refractivity contribution in [2.24, 2.45) is 0 Å². The number of alkyl halides is 2. The minimum absolute atomic E-state index is 0.00289. The second-order valence-corrected chi connectivity index (χ2v) is 4.63. The van der Waals surface area contributed by atoms with Gasteiger partial charge in [0.1, 0.15) is 0 Å². The van der Waals surface area contributed by atoms with Gasteiger partial charge in [-0.2, -0.15) is 8.78 Å². The van der Waals surface area contributed by atoms with Crippen molar-refractivity contribution in [3.05, 3.63) is 29.6 Å². The number of ether oxygens (including phenoxy) is 1. The van der Waals surface area contributed by atoms with Crippen molar-refractivity contribution in [2.45, 2.75) is 25.6 Å². The van der Waals surface area contributed by atoms with Gasteiger partial charge in [-0.1, -0.05) is 6.07 Å². The molecule has 1 unspecified atom stereocenters. The number of carbonyl (C=O) groups is 1. The molecule has 7 heteroatoms. The molecule has 1 aromatic carbocycles. The number of halogens is 3. The summed E-state index contributed by atoms with van der Waals surface area (Å²) in [6.45, 7) is -2.08. The first-order chi connectivity index (χ1) is 9.47. The molecule has 0 bridgehead atoms. The molecule has 2 rings (SSSR count). The summed E-state index contributed by atoms with van der Waals surface area (Å²) in [4.78, 5) is 13.3. The monoisotopic (exact) mass is 288 g/mol. The number of rotatable bonds is 5. The molecular formula is C13H15F3N2O2. The van der Waals surface area contributed by atoms with Gasteiger partial charge in [0.15, 0.2) is 11.6 Å². The molecule has 1 fully saturated rings. The summed E-state index contributed by atoms with van der Waals surface area (Å²) in [5.74, 6) is -1.33. The van der Waals surface area contributed by atoms with E-state index in [0.29, 0.717) is 18.5 Å². The third-order valence-electron chi connectivity index (χ3n) is 3.19. The largest absolute Gasteiger partial charge is 0.432 e. The second kappa shape index (κ2) is 6.13. The number of likely N-dealkylation sites (N-methyl/N-ethyl adjacent to an activating group) is 1. The standard InChI is InChI=1S/C13H15F3N2O2/c1-18-5-4-10(12(18)19)17-7-8-2-3-11(9(14)6-8)20-13(15)16/h2-3,6,10,13,17H,4-5,7H2,1H3. The molecule has 0 aromatic heterocycles. The van der Waals surface area contributed by atoms with Gasteiger partial charge in [0.25, 0.3) is 0 Å². The summed E-state index contributed by atoms with van der Waals surface area (Å²) in [6.07, 6.45) is 0.699. The highest BCUT2D eigenvalue weighted by Gasteiger charge is 2.28. The van der Waals surface area contributed by atoms with Crippen molar-refractivity contribution < 1.29 is 22.7 Å². The Morgan fingerprint density at radius 1 is 1.50 bits per heavy atom. The zero-order chi connectivity index (χ0) is 14.7. The Balaban J connectivity index is 1.94. The number of nitrogens with one attached hydrogen (secondary N) is 1. The minimum Gasteiger partial charge on any atom is -0.432 e. The van der Waals surface area contributed by atoms with E-state index in [2.05, 4.69) is 10.1 Å². The lowest BCUT2D eigenvalue weighted by molar-refractivity contribution is -0.128. The topological polar surface area (TPSA) is 41.6 Å². The highest BCUT2D eigenvalue weighted by molar-refractivity contribution is 5.83. The smallest absolute Gasteiger partial charge is 0.387 e. The first kappa shape index (κ1) is 14.6. The summed E-state index contributed by atoms with van der Waals surface area (Å²) < 4.78 is 41.5. The van der Waals surface area contributed by atoms with E-state index in [1.165, 1.54) is 6.07 Å². The fourth-order valence-electron chi connectivity index (χ4n) is 2.10. The van der Waals surface area contributed by atoms with Gasteiger partial charge in [0, 0.05) is 20.1 Å². The predicted molar refractivity (Wildman–Crippen MR) is 65.9 cm³/mol. The molecule has 1 heterocycles. The third kappa shape index (κ3) is 3.41. The molecule has 4 nitrogen and oxygen atoms in total. The molecule has 1 aliphatic rings. The van der Waals surface area contributed by atoms with E-state index in [1.54, 1.807) is 11.9 Å². The van der Waals surface area contributed by atoms with Crippen LogP contribution in [-0.4, -0.2) is 37.1 Å². The van der Waals surface area contributed by atoms with E-state index < -0.39 is 18.2 Å². The molecule has 0 saturated carbocycles. The van der Waals surface area contributed by atoms with Gasteiger partial charge in [-0.3, -0.25) is 4.79 Å². The Hall–Kier alpha value is -1.76. The molecule has 0 radical (unpaired) electrons. The molecule has 110 valence electrons. The lowest BCUT2D eigenvalue weighted by atomic mass is 10.2. The summed E-state index contributed by atoms with van der Waals surface area (Å²) in [7, 11) is 1.72. The Bertz CT molecular complexity index is 497. The van der Waals surface area contributed by atoms with Crippen LogP contribution in [0.5, 0.6) is 5.75 Å². The Labute approximate surface area is 114 Å². The van der Waals surface area contributed by atoms with Crippen LogP contribution in [0.4, 0.5) is 13.2 Å². The average molecular weight is 288 g/mol. The van der Waals surface area contributed by atoms with Gasteiger partial charge in [-0.15, -0.1) is 0 Å². The van der Waals surface area contributed by atoms with Gasteiger partial charge in [-0.05, 0) is 24.1 Å². The van der Waals surface area contributed by atoms with Crippen molar-refractivity contribution in [1.29, 1.82) is 0 Å². The lowest BCUT2D eigenvalue weighted by Gasteiger charge is -2.13. The van der Waals surface area contributed by atoms with Crippen LogP contribution < -0.4 is 10.1 Å². The highest BCUT2D eigenvalue weighted by atomic mass is 19.3. The fourth-order valence-corrected chi connectivity index (χ4v) is 2.10. The third-order valence-corrected chi connectivity index (χ3v) is 3.19. The van der Waals surface area contributed by atoms with Crippen LogP contribution in [0.1, 0.15) is 12.0 Å². The molecule has 0 spiro atoms. The van der Waals surface area contributed by atoms with E-state index >= 15 is 0 Å². The Morgan fingerprint density at radius 2 is 2.25 bits per heavy atom. The summed E-state index contributed by atoms with van der Waals surface area (Å²) in [5.41, 5.74) is 0.562. The van der Waals surface area contributed by atoms with Crippen LogP contribution in [0.3, 0.4) is 0 Å². The van der Waals surface area contributed by atoms with Crippen LogP contribution in [0.25, 0.3) is 0 Å². The SMILES string of the molecule is CN1CCC(NCc2ccc(OC(F)F)c(F)c2)C1=O. The van der Waals surface area contributed by atoms with Gasteiger partial charge < -0.3 is 15.0 Å². The van der Waals surface area contributed by atoms with Crippen molar-refractivity contribution in [1.82, 2.24) is 10.2 Å². The van der Waals surface area contributed by atoms with Gasteiger partial charge >= 0.3 is 6.61 Å². The maximum Gasteiger partial charge on any atom is 0.387 e. The number of hydrogen-bond acceptors (Lipinski definition) is 3. The molecule has 1 amide bonds. The van der Waals surface area contributed by atoms with Crippen molar-refractivity contribution >= 4 is 5.91 Å². The summed E-state index contributed by atoms with van der Waals surface area (Å²) in [5, 5.41) is 3.02. The van der Waals surface area contributed by atoms with Crippen molar-refractivity contribution in [3.63, 3.8) is 0 Å².